The fourth-order valence-corrected chi connectivity index (χ4v) is 3.18. The summed E-state index contributed by atoms with van der Waals surface area (Å²) in [6.07, 6.45) is 0. The molecule has 0 radical (unpaired) electrons. The number of para-hydroxylation sites is 1. The molecule has 0 saturated carbocycles. The molecule has 1 aliphatic heterocycles. The molecule has 0 amide bonds. The molecule has 1 saturated heterocycles. The number of benzene rings is 1. The molecule has 1 fully saturated rings. The van der Waals surface area contributed by atoms with Gasteiger partial charge >= 0.3 is 0 Å². The van der Waals surface area contributed by atoms with E-state index in [1.165, 1.54) is 0 Å². The van der Waals surface area contributed by atoms with Crippen LogP contribution in [0.5, 0.6) is 0 Å². The Balaban J connectivity index is 1.49. The highest BCUT2D eigenvalue weighted by Gasteiger charge is 2.21. The summed E-state index contributed by atoms with van der Waals surface area (Å²) in [7, 11) is 1.80. The van der Waals surface area contributed by atoms with E-state index in [-0.39, 0.29) is 5.56 Å². The van der Waals surface area contributed by atoms with Crippen molar-refractivity contribution in [3.05, 3.63) is 46.3 Å². The maximum Gasteiger partial charge on any atom is 0.261 e. The number of rotatable bonds is 3. The van der Waals surface area contributed by atoms with Crippen molar-refractivity contribution in [3.8, 4) is 0 Å². The minimum Gasteiger partial charge on any atom is -0.337 e. The van der Waals surface area contributed by atoms with E-state index in [2.05, 4.69) is 30.0 Å². The number of H-pyrrole nitrogens is 1. The molecule has 8 nitrogen and oxygen atoms in total. The van der Waals surface area contributed by atoms with Gasteiger partial charge in [-0.25, -0.2) is 4.98 Å². The average molecular weight is 339 g/mol. The van der Waals surface area contributed by atoms with Crippen LogP contribution in [0.1, 0.15) is 11.6 Å². The number of piperazine rings is 1. The van der Waals surface area contributed by atoms with Crippen molar-refractivity contribution in [2.45, 2.75) is 13.5 Å². The maximum absolute atomic E-state index is 12.5. The first-order chi connectivity index (χ1) is 12.1. The Hall–Kier alpha value is -2.74. The maximum atomic E-state index is 12.5. The first-order valence-electron chi connectivity index (χ1n) is 8.43. The summed E-state index contributed by atoms with van der Waals surface area (Å²) >= 11 is 0. The quantitative estimate of drug-likeness (QED) is 0.756. The second-order valence-corrected chi connectivity index (χ2v) is 6.39. The standard InChI is InChI=1S/C17H21N7O/c1-12-18-17(21-20-12)24-9-7-23(8-10-24)11-15-19-14-6-4-3-5-13(14)16(25)22(15)2/h3-6H,7-11H2,1-2H3,(H,18,20,21). The van der Waals surface area contributed by atoms with Crippen LogP contribution >= 0.6 is 0 Å². The third-order valence-electron chi connectivity index (χ3n) is 4.68. The smallest absolute Gasteiger partial charge is 0.261 e. The molecule has 1 aliphatic rings. The SMILES string of the molecule is Cc1nc(N2CCN(Cc3nc4ccccc4c(=O)n3C)CC2)n[nH]1. The summed E-state index contributed by atoms with van der Waals surface area (Å²) < 4.78 is 1.66. The van der Waals surface area contributed by atoms with Crippen molar-refractivity contribution in [3.63, 3.8) is 0 Å². The number of fused-ring (bicyclic) bond motifs is 1. The molecule has 25 heavy (non-hydrogen) atoms. The number of nitrogens with zero attached hydrogens (tertiary/aromatic N) is 6. The van der Waals surface area contributed by atoms with Gasteiger partial charge in [-0.2, -0.15) is 4.98 Å². The molecular formula is C17H21N7O. The molecule has 0 bridgehead atoms. The summed E-state index contributed by atoms with van der Waals surface area (Å²) in [4.78, 5) is 26.1. The zero-order valence-electron chi connectivity index (χ0n) is 14.4. The van der Waals surface area contributed by atoms with Gasteiger partial charge in [0.15, 0.2) is 0 Å². The summed E-state index contributed by atoms with van der Waals surface area (Å²) in [5, 5.41) is 7.77. The van der Waals surface area contributed by atoms with E-state index in [9.17, 15) is 4.79 Å². The lowest BCUT2D eigenvalue weighted by molar-refractivity contribution is 0.239. The van der Waals surface area contributed by atoms with E-state index < -0.39 is 0 Å². The minimum atomic E-state index is 0.00966. The van der Waals surface area contributed by atoms with Crippen LogP contribution in [0.2, 0.25) is 0 Å². The van der Waals surface area contributed by atoms with E-state index in [4.69, 9.17) is 0 Å². The van der Waals surface area contributed by atoms with Crippen LogP contribution in [0.3, 0.4) is 0 Å². The van der Waals surface area contributed by atoms with E-state index >= 15 is 0 Å². The van der Waals surface area contributed by atoms with Gasteiger partial charge in [0, 0.05) is 33.2 Å². The van der Waals surface area contributed by atoms with Crippen LogP contribution in [-0.4, -0.2) is 55.8 Å². The number of aryl methyl sites for hydroxylation is 1. The third-order valence-corrected chi connectivity index (χ3v) is 4.68. The zero-order valence-corrected chi connectivity index (χ0v) is 14.4. The molecule has 4 rings (SSSR count). The molecule has 8 heteroatoms. The number of aromatic amines is 1. The molecule has 1 aromatic carbocycles. The third kappa shape index (κ3) is 3.00. The lowest BCUT2D eigenvalue weighted by atomic mass is 10.2. The minimum absolute atomic E-state index is 0.00966. The fraction of sp³-hybridized carbons (Fsp3) is 0.412. The first kappa shape index (κ1) is 15.8. The van der Waals surface area contributed by atoms with Crippen molar-refractivity contribution in [2.75, 3.05) is 31.1 Å². The second-order valence-electron chi connectivity index (χ2n) is 6.39. The summed E-state index contributed by atoms with van der Waals surface area (Å²) in [6, 6.07) is 7.50. The number of anilines is 1. The van der Waals surface area contributed by atoms with Crippen molar-refractivity contribution < 1.29 is 0 Å². The van der Waals surface area contributed by atoms with Crippen LogP contribution < -0.4 is 10.5 Å². The fourth-order valence-electron chi connectivity index (χ4n) is 3.18. The molecular weight excluding hydrogens is 318 g/mol. The van der Waals surface area contributed by atoms with Crippen LogP contribution in [0, 0.1) is 6.92 Å². The van der Waals surface area contributed by atoms with Gasteiger partial charge in [-0.15, -0.1) is 5.10 Å². The van der Waals surface area contributed by atoms with Crippen LogP contribution in [0.25, 0.3) is 10.9 Å². The van der Waals surface area contributed by atoms with Gasteiger partial charge in [0.1, 0.15) is 11.6 Å². The van der Waals surface area contributed by atoms with Crippen LogP contribution in [0.15, 0.2) is 29.1 Å². The van der Waals surface area contributed by atoms with Crippen molar-refractivity contribution >= 4 is 16.9 Å². The highest BCUT2D eigenvalue weighted by Crippen LogP contribution is 2.13. The molecule has 1 N–H and O–H groups in total. The van der Waals surface area contributed by atoms with E-state index in [0.717, 1.165) is 49.3 Å². The molecule has 0 unspecified atom stereocenters. The van der Waals surface area contributed by atoms with Crippen molar-refractivity contribution in [1.29, 1.82) is 0 Å². The van der Waals surface area contributed by atoms with E-state index in [1.807, 2.05) is 31.2 Å². The number of hydrogen-bond donors (Lipinski definition) is 1. The molecule has 2 aromatic heterocycles. The van der Waals surface area contributed by atoms with Crippen LogP contribution in [0.4, 0.5) is 5.95 Å². The highest BCUT2D eigenvalue weighted by atomic mass is 16.1. The Kier molecular flexibility index (Phi) is 3.96. The number of nitrogens with one attached hydrogen (secondary N) is 1. The Labute approximate surface area is 145 Å². The Morgan fingerprint density at radius 3 is 2.60 bits per heavy atom. The molecule has 0 spiro atoms. The predicted molar refractivity (Wildman–Crippen MR) is 95.6 cm³/mol. The lowest BCUT2D eigenvalue weighted by Gasteiger charge is -2.34. The molecule has 130 valence electrons. The normalized spacial score (nSPS) is 15.8. The average Bonchev–Trinajstić information content (AvgIpc) is 3.06. The summed E-state index contributed by atoms with van der Waals surface area (Å²) in [6.45, 7) is 6.06. The Bertz CT molecular complexity index is 953. The van der Waals surface area contributed by atoms with Crippen LogP contribution in [-0.2, 0) is 13.6 Å². The van der Waals surface area contributed by atoms with Gasteiger partial charge in [0.05, 0.1) is 17.4 Å². The largest absolute Gasteiger partial charge is 0.337 e. The van der Waals surface area contributed by atoms with Crippen molar-refractivity contribution in [2.24, 2.45) is 7.05 Å². The Morgan fingerprint density at radius 2 is 1.88 bits per heavy atom. The van der Waals surface area contributed by atoms with Gasteiger partial charge in [0.2, 0.25) is 5.95 Å². The molecule has 3 heterocycles. The van der Waals surface area contributed by atoms with E-state index in [0.29, 0.717) is 11.9 Å². The number of hydrogen-bond acceptors (Lipinski definition) is 6. The lowest BCUT2D eigenvalue weighted by Crippen LogP contribution is -2.47. The molecule has 3 aromatic rings. The molecule has 0 atom stereocenters. The van der Waals surface area contributed by atoms with E-state index in [1.54, 1.807) is 11.6 Å². The van der Waals surface area contributed by atoms with Gasteiger partial charge in [0.25, 0.3) is 5.56 Å². The summed E-state index contributed by atoms with van der Waals surface area (Å²) in [5.74, 6) is 2.38. The van der Waals surface area contributed by atoms with Gasteiger partial charge in [-0.1, -0.05) is 12.1 Å². The summed E-state index contributed by atoms with van der Waals surface area (Å²) in [5.41, 5.74) is 0.769. The van der Waals surface area contributed by atoms with Gasteiger partial charge < -0.3 is 4.90 Å². The van der Waals surface area contributed by atoms with Gasteiger partial charge in [-0.3, -0.25) is 19.4 Å². The van der Waals surface area contributed by atoms with Crippen molar-refractivity contribution in [1.82, 2.24) is 29.6 Å². The second kappa shape index (κ2) is 6.29. The zero-order chi connectivity index (χ0) is 17.4. The number of aromatic nitrogens is 5. The topological polar surface area (TPSA) is 82.9 Å². The predicted octanol–water partition coefficient (Wildman–Crippen LogP) is 0.682. The monoisotopic (exact) mass is 339 g/mol. The first-order valence-corrected chi connectivity index (χ1v) is 8.43. The molecule has 0 aliphatic carbocycles. The Morgan fingerprint density at radius 1 is 1.12 bits per heavy atom. The highest BCUT2D eigenvalue weighted by molar-refractivity contribution is 5.77. The van der Waals surface area contributed by atoms with Gasteiger partial charge in [-0.05, 0) is 19.1 Å².